The lowest BCUT2D eigenvalue weighted by atomic mass is 9.74. The van der Waals surface area contributed by atoms with Gasteiger partial charge >= 0.3 is 0 Å². The zero-order chi connectivity index (χ0) is 21.9. The van der Waals surface area contributed by atoms with Gasteiger partial charge in [0.05, 0.1) is 13.7 Å². The van der Waals surface area contributed by atoms with E-state index in [1.165, 1.54) is 37.9 Å². The van der Waals surface area contributed by atoms with Crippen LogP contribution in [0.15, 0.2) is 29.3 Å². The van der Waals surface area contributed by atoms with Crippen LogP contribution >= 0.6 is 24.0 Å². The van der Waals surface area contributed by atoms with Crippen molar-refractivity contribution in [2.24, 2.45) is 4.99 Å². The van der Waals surface area contributed by atoms with Crippen molar-refractivity contribution < 1.29 is 9.47 Å². The van der Waals surface area contributed by atoms with Gasteiger partial charge < -0.3 is 25.0 Å². The van der Waals surface area contributed by atoms with Crippen LogP contribution < -0.4 is 15.4 Å². The molecule has 7 heteroatoms. The summed E-state index contributed by atoms with van der Waals surface area (Å²) in [7, 11) is 1.71. The summed E-state index contributed by atoms with van der Waals surface area (Å²) in [5.74, 6) is 1.82. The summed E-state index contributed by atoms with van der Waals surface area (Å²) in [6.45, 7) is 11.1. The van der Waals surface area contributed by atoms with E-state index in [2.05, 4.69) is 53.6 Å². The number of methoxy groups -OCH3 is 1. The minimum absolute atomic E-state index is 0. The third kappa shape index (κ3) is 7.76. The van der Waals surface area contributed by atoms with E-state index in [0.29, 0.717) is 0 Å². The molecule has 1 unspecified atom stereocenters. The van der Waals surface area contributed by atoms with E-state index in [9.17, 15) is 0 Å². The number of aliphatic imine (C=N–C) groups is 1. The van der Waals surface area contributed by atoms with Crippen molar-refractivity contribution in [1.29, 1.82) is 0 Å². The summed E-state index contributed by atoms with van der Waals surface area (Å²) < 4.78 is 11.0. The molecule has 3 rings (SSSR count). The Morgan fingerprint density at radius 2 is 1.94 bits per heavy atom. The molecule has 2 N–H and O–H groups in total. The second-order valence-corrected chi connectivity index (χ2v) is 8.98. The number of halogens is 1. The predicted molar refractivity (Wildman–Crippen MR) is 144 cm³/mol. The van der Waals surface area contributed by atoms with Crippen molar-refractivity contribution in [3.63, 3.8) is 0 Å². The Bertz CT molecular complexity index is 677. The van der Waals surface area contributed by atoms with E-state index in [4.69, 9.17) is 14.5 Å². The number of rotatable bonds is 9. The molecule has 0 radical (unpaired) electrons. The van der Waals surface area contributed by atoms with Gasteiger partial charge in [-0.25, -0.2) is 0 Å². The Morgan fingerprint density at radius 1 is 1.19 bits per heavy atom. The highest BCUT2D eigenvalue weighted by Gasteiger charge is 2.34. The van der Waals surface area contributed by atoms with Crippen molar-refractivity contribution in [3.05, 3.63) is 29.8 Å². The Balaban J connectivity index is 0.00000363. The topological polar surface area (TPSA) is 58.1 Å². The molecular weight excluding hydrogens is 515 g/mol. The maximum atomic E-state index is 5.68. The molecule has 0 amide bonds. The number of nitrogens with one attached hydrogen (secondary N) is 2. The molecule has 1 aromatic carbocycles. The van der Waals surface area contributed by atoms with E-state index >= 15 is 0 Å². The number of hydrogen-bond acceptors (Lipinski definition) is 4. The summed E-state index contributed by atoms with van der Waals surface area (Å²) in [6.07, 6.45) is 7.21. The lowest BCUT2D eigenvalue weighted by Crippen LogP contribution is -2.43. The van der Waals surface area contributed by atoms with Crippen molar-refractivity contribution in [2.45, 2.75) is 63.8 Å². The molecule has 0 aromatic heterocycles. The maximum absolute atomic E-state index is 5.68. The van der Waals surface area contributed by atoms with E-state index in [1.54, 1.807) is 7.11 Å². The number of guanidine groups is 1. The Kier molecular flexibility index (Phi) is 12.1. The van der Waals surface area contributed by atoms with Gasteiger partial charge in [-0.2, -0.15) is 0 Å². The molecule has 2 aliphatic heterocycles. The van der Waals surface area contributed by atoms with Gasteiger partial charge in [0.25, 0.3) is 0 Å². The van der Waals surface area contributed by atoms with E-state index in [0.717, 1.165) is 69.9 Å². The first-order valence-corrected chi connectivity index (χ1v) is 12.2. The molecule has 32 heavy (non-hydrogen) atoms. The van der Waals surface area contributed by atoms with Crippen molar-refractivity contribution in [2.75, 3.05) is 53.0 Å². The van der Waals surface area contributed by atoms with Crippen LogP contribution in [-0.4, -0.2) is 69.9 Å². The first-order chi connectivity index (χ1) is 15.2. The number of ether oxygens (including phenoxy) is 2. The first kappa shape index (κ1) is 27.2. The summed E-state index contributed by atoms with van der Waals surface area (Å²) in [4.78, 5) is 7.66. The minimum Gasteiger partial charge on any atom is -0.497 e. The second kappa shape index (κ2) is 14.3. The molecule has 0 spiro atoms. The lowest BCUT2D eigenvalue weighted by molar-refractivity contribution is 0.0531. The van der Waals surface area contributed by atoms with Crippen molar-refractivity contribution in [3.8, 4) is 5.75 Å². The van der Waals surface area contributed by atoms with Crippen LogP contribution in [0.5, 0.6) is 5.75 Å². The Hall–Kier alpha value is -1.06. The van der Waals surface area contributed by atoms with Gasteiger partial charge in [0.1, 0.15) is 5.75 Å². The lowest BCUT2D eigenvalue weighted by Gasteiger charge is -2.36. The van der Waals surface area contributed by atoms with Gasteiger partial charge in [0.2, 0.25) is 0 Å². The van der Waals surface area contributed by atoms with Crippen LogP contribution in [0.2, 0.25) is 0 Å². The fourth-order valence-corrected chi connectivity index (χ4v) is 4.80. The molecule has 2 fully saturated rings. The number of piperidine rings is 1. The average molecular weight is 559 g/mol. The van der Waals surface area contributed by atoms with Gasteiger partial charge in [-0.1, -0.05) is 18.6 Å². The highest BCUT2D eigenvalue weighted by molar-refractivity contribution is 14.0. The molecule has 0 aliphatic carbocycles. The summed E-state index contributed by atoms with van der Waals surface area (Å²) in [5, 5.41) is 6.99. The quantitative estimate of drug-likeness (QED) is 0.206. The number of benzene rings is 1. The first-order valence-electron chi connectivity index (χ1n) is 12.2. The highest BCUT2D eigenvalue weighted by Crippen LogP contribution is 2.36. The van der Waals surface area contributed by atoms with Crippen LogP contribution in [-0.2, 0) is 10.2 Å². The smallest absolute Gasteiger partial charge is 0.191 e. The monoisotopic (exact) mass is 558 g/mol. The maximum Gasteiger partial charge on any atom is 0.191 e. The third-order valence-electron chi connectivity index (χ3n) is 6.89. The number of hydrogen-bond donors (Lipinski definition) is 2. The van der Waals surface area contributed by atoms with E-state index in [-0.39, 0.29) is 29.4 Å². The van der Waals surface area contributed by atoms with Crippen molar-refractivity contribution >= 4 is 29.9 Å². The molecule has 0 bridgehead atoms. The van der Waals surface area contributed by atoms with Gasteiger partial charge in [0, 0.05) is 44.3 Å². The molecule has 1 aromatic rings. The average Bonchev–Trinajstić information content (AvgIpc) is 2.82. The Morgan fingerprint density at radius 3 is 2.59 bits per heavy atom. The van der Waals surface area contributed by atoms with E-state index in [1.807, 2.05) is 0 Å². The summed E-state index contributed by atoms with van der Waals surface area (Å²) in [6, 6.07) is 9.23. The predicted octanol–water partition coefficient (Wildman–Crippen LogP) is 4.18. The second-order valence-electron chi connectivity index (χ2n) is 8.98. The molecule has 6 nitrogen and oxygen atoms in total. The van der Waals surface area contributed by atoms with Gasteiger partial charge in [-0.3, -0.25) is 4.99 Å². The van der Waals surface area contributed by atoms with Gasteiger partial charge in [-0.05, 0) is 70.2 Å². The summed E-state index contributed by atoms with van der Waals surface area (Å²) >= 11 is 0. The molecule has 1 atom stereocenters. The zero-order valence-electron chi connectivity index (χ0n) is 20.2. The third-order valence-corrected chi connectivity index (χ3v) is 6.89. The Labute approximate surface area is 211 Å². The number of likely N-dealkylation sites (tertiary alicyclic amines) is 1. The van der Waals surface area contributed by atoms with Crippen molar-refractivity contribution in [1.82, 2.24) is 15.5 Å². The van der Waals surface area contributed by atoms with E-state index < -0.39 is 0 Å². The standard InChI is InChI=1S/C25H42N4O2.HI/c1-4-26-24(27-15-7-17-29-16-6-5-8-21(29)2)28-20-25(13-18-31-19-14-25)22-9-11-23(30-3)12-10-22;/h9-12,21H,4-8,13-20H2,1-3H3,(H2,26,27,28);1H. The minimum atomic E-state index is 0. The highest BCUT2D eigenvalue weighted by atomic mass is 127. The molecule has 2 heterocycles. The molecule has 2 saturated heterocycles. The summed E-state index contributed by atoms with van der Waals surface area (Å²) in [5.41, 5.74) is 1.35. The normalized spacial score (nSPS) is 21.5. The van der Waals surface area contributed by atoms with Gasteiger partial charge in [0.15, 0.2) is 5.96 Å². The SMILES string of the molecule is CCNC(=NCC1(c2ccc(OC)cc2)CCOCC1)NCCCN1CCCCC1C.I. The van der Waals surface area contributed by atoms with Crippen LogP contribution in [0.3, 0.4) is 0 Å². The zero-order valence-corrected chi connectivity index (χ0v) is 22.5. The van der Waals surface area contributed by atoms with Crippen LogP contribution in [0.4, 0.5) is 0 Å². The van der Waals surface area contributed by atoms with Gasteiger partial charge in [-0.15, -0.1) is 24.0 Å². The molecule has 0 saturated carbocycles. The largest absolute Gasteiger partial charge is 0.497 e. The molecular formula is C25H43IN4O2. The molecule has 2 aliphatic rings. The molecule has 182 valence electrons. The van der Waals surface area contributed by atoms with Crippen LogP contribution in [0, 0.1) is 0 Å². The van der Waals surface area contributed by atoms with Crippen LogP contribution in [0.1, 0.15) is 57.9 Å². The fraction of sp³-hybridized carbons (Fsp3) is 0.720. The number of nitrogens with zero attached hydrogens (tertiary/aromatic N) is 2. The van der Waals surface area contributed by atoms with Crippen LogP contribution in [0.25, 0.3) is 0 Å². The fourth-order valence-electron chi connectivity index (χ4n) is 4.80.